The number of rotatable bonds is 13. The number of piperidine rings is 1. The van der Waals surface area contributed by atoms with E-state index in [0.29, 0.717) is 61.1 Å². The van der Waals surface area contributed by atoms with Crippen molar-refractivity contribution < 1.29 is 24.5 Å². The Morgan fingerprint density at radius 2 is 1.63 bits per heavy atom. The van der Waals surface area contributed by atoms with Crippen LogP contribution < -0.4 is 21.5 Å². The monoisotopic (exact) mass is 689 g/mol. The highest BCUT2D eigenvalue weighted by atomic mass is 16.6. The number of nitrogens with one attached hydrogen (secondary N) is 4. The van der Waals surface area contributed by atoms with Crippen LogP contribution in [0.4, 0.5) is 16.2 Å². The van der Waals surface area contributed by atoms with Crippen molar-refractivity contribution in [2.75, 3.05) is 43.4 Å². The summed E-state index contributed by atoms with van der Waals surface area (Å²) in [6.07, 6.45) is 1.05. The van der Waals surface area contributed by atoms with E-state index in [4.69, 9.17) is 4.74 Å². The fraction of sp³-hybridized carbons (Fsp3) is 0.275. The number of anilines is 2. The summed E-state index contributed by atoms with van der Waals surface area (Å²) < 4.78 is 5.74. The number of pyridine rings is 1. The Balaban J connectivity index is 0.867. The maximum atomic E-state index is 12.7. The van der Waals surface area contributed by atoms with Crippen LogP contribution in [0.15, 0.2) is 108 Å². The van der Waals surface area contributed by atoms with Crippen LogP contribution >= 0.6 is 0 Å². The average molecular weight is 690 g/mol. The van der Waals surface area contributed by atoms with Crippen LogP contribution in [0.3, 0.4) is 0 Å². The molecule has 1 aliphatic heterocycles. The lowest BCUT2D eigenvalue weighted by atomic mass is 10.0. The van der Waals surface area contributed by atoms with E-state index in [1.54, 1.807) is 12.1 Å². The number of carbonyl (C=O) groups excluding carboxylic acids is 2. The zero-order valence-corrected chi connectivity index (χ0v) is 28.3. The van der Waals surface area contributed by atoms with Crippen LogP contribution in [0, 0.1) is 0 Å². The fourth-order valence-corrected chi connectivity index (χ4v) is 6.37. The van der Waals surface area contributed by atoms with Gasteiger partial charge in [0.2, 0.25) is 11.5 Å². The molecule has 0 bridgehead atoms. The first-order valence-electron chi connectivity index (χ1n) is 17.3. The number of nitrogens with zero attached hydrogens (tertiary/aromatic N) is 1. The van der Waals surface area contributed by atoms with E-state index in [-0.39, 0.29) is 23.3 Å². The topological polar surface area (TPSA) is 156 Å². The number of fused-ring (bicyclic) bond motifs is 1. The molecular weight excluding hydrogens is 646 g/mol. The third-order valence-electron chi connectivity index (χ3n) is 9.14. The van der Waals surface area contributed by atoms with Gasteiger partial charge in [-0.05, 0) is 72.8 Å². The standard InChI is InChI=1S/C40H43N5O6/c46-35-16-14-32(33-15-17-37(48)44-39(33)35)36(47)26-41-22-18-27-10-12-29(13-11-27)42-38(49)21-25-45-23-19-30(20-24-45)51-40(50)43-34-9-5-4-8-31(34)28-6-2-1-3-7-28/h1-17,30,36,41,46-47H,18-26H2,(H,42,49)(H,43,50)(H,44,48). The van der Waals surface area contributed by atoms with Gasteiger partial charge in [0.25, 0.3) is 0 Å². The molecular formula is C40H43N5O6. The van der Waals surface area contributed by atoms with Crippen molar-refractivity contribution in [3.05, 3.63) is 125 Å². The van der Waals surface area contributed by atoms with Crippen molar-refractivity contribution in [2.24, 2.45) is 0 Å². The summed E-state index contributed by atoms with van der Waals surface area (Å²) in [6, 6.07) is 31.4. The number of aliphatic hydroxyl groups is 1. The second kappa shape index (κ2) is 16.9. The summed E-state index contributed by atoms with van der Waals surface area (Å²) in [7, 11) is 0. The Bertz CT molecular complexity index is 1990. The Hall–Kier alpha value is -5.49. The van der Waals surface area contributed by atoms with Crippen LogP contribution in [0.2, 0.25) is 0 Å². The number of aromatic nitrogens is 1. The Morgan fingerprint density at radius 3 is 2.41 bits per heavy atom. The van der Waals surface area contributed by atoms with Gasteiger partial charge in [-0.25, -0.2) is 4.79 Å². The molecule has 1 aromatic heterocycles. The van der Waals surface area contributed by atoms with Gasteiger partial charge in [-0.1, -0.05) is 66.7 Å². The molecule has 2 heterocycles. The summed E-state index contributed by atoms with van der Waals surface area (Å²) in [5.41, 5.74) is 5.08. The number of aromatic hydroxyl groups is 1. The smallest absolute Gasteiger partial charge is 0.411 e. The average Bonchev–Trinajstić information content (AvgIpc) is 3.14. The summed E-state index contributed by atoms with van der Waals surface area (Å²) in [5, 5.41) is 30.6. The number of hydrogen-bond acceptors (Lipinski definition) is 8. The molecule has 4 aromatic carbocycles. The summed E-state index contributed by atoms with van der Waals surface area (Å²) in [5.74, 6) is -0.0992. The Labute approximate surface area is 296 Å². The molecule has 1 fully saturated rings. The molecule has 6 rings (SSSR count). The van der Waals surface area contributed by atoms with Gasteiger partial charge in [0.1, 0.15) is 11.9 Å². The Kier molecular flexibility index (Phi) is 11.7. The van der Waals surface area contributed by atoms with Gasteiger partial charge in [-0.3, -0.25) is 14.9 Å². The number of para-hydroxylation sites is 1. The number of hydrogen-bond donors (Lipinski definition) is 6. The van der Waals surface area contributed by atoms with Gasteiger partial charge >= 0.3 is 6.09 Å². The predicted molar refractivity (Wildman–Crippen MR) is 199 cm³/mol. The molecule has 1 unspecified atom stereocenters. The number of ether oxygens (including phenoxy) is 1. The van der Waals surface area contributed by atoms with E-state index in [1.807, 2.05) is 78.9 Å². The molecule has 0 aliphatic carbocycles. The molecule has 264 valence electrons. The number of phenolic OH excluding ortho intramolecular Hbond substituents is 1. The third kappa shape index (κ3) is 9.61. The molecule has 11 nitrogen and oxygen atoms in total. The highest BCUT2D eigenvalue weighted by molar-refractivity contribution is 5.92. The van der Waals surface area contributed by atoms with E-state index >= 15 is 0 Å². The largest absolute Gasteiger partial charge is 0.506 e. The third-order valence-corrected chi connectivity index (χ3v) is 9.14. The van der Waals surface area contributed by atoms with Crippen molar-refractivity contribution in [2.45, 2.75) is 37.9 Å². The lowest BCUT2D eigenvalue weighted by Gasteiger charge is -2.31. The number of likely N-dealkylation sites (tertiary alicyclic amines) is 1. The van der Waals surface area contributed by atoms with E-state index < -0.39 is 12.2 Å². The molecule has 1 aliphatic rings. The highest BCUT2D eigenvalue weighted by Gasteiger charge is 2.23. The zero-order chi connectivity index (χ0) is 35.6. The van der Waals surface area contributed by atoms with Crippen LogP contribution in [0.5, 0.6) is 5.75 Å². The van der Waals surface area contributed by atoms with Gasteiger partial charge in [0.15, 0.2) is 0 Å². The van der Waals surface area contributed by atoms with Gasteiger partial charge in [-0.15, -0.1) is 0 Å². The second-order valence-electron chi connectivity index (χ2n) is 12.7. The minimum atomic E-state index is -0.822. The molecule has 1 atom stereocenters. The van der Waals surface area contributed by atoms with Gasteiger partial charge in [0, 0.05) is 55.3 Å². The number of amides is 2. The zero-order valence-electron chi connectivity index (χ0n) is 28.3. The summed E-state index contributed by atoms with van der Waals surface area (Å²) >= 11 is 0. The normalized spacial score (nSPS) is 14.2. The first-order chi connectivity index (χ1) is 24.8. The molecule has 51 heavy (non-hydrogen) atoms. The predicted octanol–water partition coefficient (Wildman–Crippen LogP) is 5.81. The lowest BCUT2D eigenvalue weighted by Crippen LogP contribution is -2.39. The van der Waals surface area contributed by atoms with Crippen LogP contribution in [-0.4, -0.2) is 70.9 Å². The lowest BCUT2D eigenvalue weighted by molar-refractivity contribution is -0.116. The molecule has 0 spiro atoms. The fourth-order valence-electron chi connectivity index (χ4n) is 6.37. The van der Waals surface area contributed by atoms with Crippen LogP contribution in [-0.2, 0) is 16.0 Å². The van der Waals surface area contributed by atoms with Gasteiger partial charge < -0.3 is 35.5 Å². The van der Waals surface area contributed by atoms with E-state index in [0.717, 1.165) is 41.9 Å². The van der Waals surface area contributed by atoms with E-state index in [2.05, 4.69) is 25.8 Å². The van der Waals surface area contributed by atoms with Crippen molar-refractivity contribution in [1.82, 2.24) is 15.2 Å². The number of benzene rings is 4. The SMILES string of the molecule is O=C(CCN1CCC(OC(=O)Nc2ccccc2-c2ccccc2)CC1)Nc1ccc(CCNCC(O)c2ccc(O)c3[nH]c(=O)ccc23)cc1. The first kappa shape index (κ1) is 35.3. The molecule has 6 N–H and O–H groups in total. The van der Waals surface area contributed by atoms with Gasteiger partial charge in [-0.2, -0.15) is 0 Å². The van der Waals surface area contributed by atoms with E-state index in [1.165, 1.54) is 12.1 Å². The van der Waals surface area contributed by atoms with Crippen molar-refractivity contribution in [1.29, 1.82) is 0 Å². The molecule has 2 amide bonds. The number of carbonyl (C=O) groups is 2. The first-order valence-corrected chi connectivity index (χ1v) is 17.3. The maximum absolute atomic E-state index is 12.7. The number of aromatic amines is 1. The van der Waals surface area contributed by atoms with Crippen molar-refractivity contribution >= 4 is 34.3 Å². The number of phenols is 1. The minimum Gasteiger partial charge on any atom is -0.506 e. The van der Waals surface area contributed by atoms with E-state index in [9.17, 15) is 24.6 Å². The van der Waals surface area contributed by atoms with Gasteiger partial charge in [0.05, 0.1) is 17.3 Å². The molecule has 0 saturated carbocycles. The quantitative estimate of drug-likeness (QED) is 0.0847. The van der Waals surface area contributed by atoms with Crippen molar-refractivity contribution in [3.63, 3.8) is 0 Å². The highest BCUT2D eigenvalue weighted by Crippen LogP contribution is 2.29. The number of H-pyrrole nitrogens is 1. The van der Waals surface area contributed by atoms with Crippen LogP contribution in [0.1, 0.15) is 36.5 Å². The maximum Gasteiger partial charge on any atom is 0.411 e. The summed E-state index contributed by atoms with van der Waals surface area (Å²) in [4.78, 5) is 41.9. The minimum absolute atomic E-state index is 0.0427. The summed E-state index contributed by atoms with van der Waals surface area (Å²) in [6.45, 7) is 3.06. The molecule has 1 saturated heterocycles. The Morgan fingerprint density at radius 1 is 0.882 bits per heavy atom. The van der Waals surface area contributed by atoms with Crippen molar-refractivity contribution in [3.8, 4) is 16.9 Å². The molecule has 5 aromatic rings. The molecule has 0 radical (unpaired) electrons. The van der Waals surface area contributed by atoms with Crippen LogP contribution in [0.25, 0.3) is 22.0 Å². The second-order valence-corrected chi connectivity index (χ2v) is 12.7. The molecule has 11 heteroatoms. The number of aliphatic hydroxyl groups excluding tert-OH is 1.